The van der Waals surface area contributed by atoms with Gasteiger partial charge in [-0.15, -0.1) is 0 Å². The molecule has 4 nitrogen and oxygen atoms in total. The summed E-state index contributed by atoms with van der Waals surface area (Å²) in [6.45, 7) is 0. The second kappa shape index (κ2) is 5.32. The highest BCUT2D eigenvalue weighted by Gasteiger charge is 2.17. The number of anilines is 1. The van der Waals surface area contributed by atoms with Crippen LogP contribution in [0.25, 0.3) is 0 Å². The van der Waals surface area contributed by atoms with E-state index in [1.165, 1.54) is 24.4 Å². The van der Waals surface area contributed by atoms with Crippen LogP contribution in [-0.2, 0) is 10.0 Å². The lowest BCUT2D eigenvalue weighted by Gasteiger charge is -2.09. The zero-order valence-electron chi connectivity index (χ0n) is 9.27. The maximum Gasteiger partial charge on any atom is 0.262 e. The van der Waals surface area contributed by atoms with Gasteiger partial charge in [-0.2, -0.15) is 0 Å². The van der Waals surface area contributed by atoms with Crippen molar-refractivity contribution in [2.75, 3.05) is 4.72 Å². The highest BCUT2D eigenvalue weighted by atomic mass is 35.5. The number of aromatic nitrogens is 1. The number of rotatable bonds is 3. The normalized spacial score (nSPS) is 11.3. The Morgan fingerprint density at radius 3 is 2.58 bits per heavy atom. The van der Waals surface area contributed by atoms with E-state index in [0.717, 1.165) is 12.1 Å². The molecule has 2 rings (SSSR count). The van der Waals surface area contributed by atoms with Crippen LogP contribution in [0.3, 0.4) is 0 Å². The average Bonchev–Trinajstić information content (AvgIpc) is 2.33. The maximum atomic E-state index is 13.5. The van der Waals surface area contributed by atoms with Gasteiger partial charge in [0.05, 0.1) is 10.6 Å². The Morgan fingerprint density at radius 1 is 1.16 bits per heavy atom. The molecule has 0 atom stereocenters. The third-order valence-corrected chi connectivity index (χ3v) is 3.99. The molecule has 0 aliphatic carbocycles. The van der Waals surface area contributed by atoms with Crippen molar-refractivity contribution < 1.29 is 12.8 Å². The molecule has 100 valence electrons. The summed E-state index contributed by atoms with van der Waals surface area (Å²) in [5, 5.41) is 0.237. The molecule has 0 radical (unpaired) electrons. The first kappa shape index (κ1) is 14.0. The second-order valence-corrected chi connectivity index (χ2v) is 6.05. The molecule has 0 unspecified atom stereocenters. The standard InChI is InChI=1S/C11H7Cl2FN2O2S/c12-7-1-2-9(14)10(5-7)16-19(17,18)8-3-4-15-11(13)6-8/h1-6,16H. The Labute approximate surface area is 119 Å². The third-order valence-electron chi connectivity index (χ3n) is 2.18. The number of halogens is 3. The van der Waals surface area contributed by atoms with Crippen LogP contribution < -0.4 is 4.72 Å². The summed E-state index contributed by atoms with van der Waals surface area (Å²) in [5.74, 6) is -0.729. The van der Waals surface area contributed by atoms with Crippen LogP contribution in [0.2, 0.25) is 10.2 Å². The molecule has 8 heteroatoms. The molecular formula is C11H7Cl2FN2O2S. The molecule has 0 saturated heterocycles. The van der Waals surface area contributed by atoms with Crippen LogP contribution in [-0.4, -0.2) is 13.4 Å². The zero-order valence-corrected chi connectivity index (χ0v) is 11.6. The largest absolute Gasteiger partial charge is 0.277 e. The smallest absolute Gasteiger partial charge is 0.262 e. The van der Waals surface area contributed by atoms with Crippen molar-refractivity contribution in [1.82, 2.24) is 4.98 Å². The van der Waals surface area contributed by atoms with Crippen molar-refractivity contribution in [2.45, 2.75) is 4.90 Å². The van der Waals surface area contributed by atoms with Crippen molar-refractivity contribution in [2.24, 2.45) is 0 Å². The molecule has 0 bridgehead atoms. The van der Waals surface area contributed by atoms with Crippen LogP contribution in [0.15, 0.2) is 41.4 Å². The van der Waals surface area contributed by atoms with E-state index in [4.69, 9.17) is 23.2 Å². The summed E-state index contributed by atoms with van der Waals surface area (Å²) >= 11 is 11.3. The Hall–Kier alpha value is -1.37. The zero-order chi connectivity index (χ0) is 14.0. The quantitative estimate of drug-likeness (QED) is 0.882. The minimum Gasteiger partial charge on any atom is -0.277 e. The fourth-order valence-electron chi connectivity index (χ4n) is 1.33. The molecule has 0 fully saturated rings. The highest BCUT2D eigenvalue weighted by Crippen LogP contribution is 2.23. The molecule has 0 saturated carbocycles. The second-order valence-electron chi connectivity index (χ2n) is 3.54. The van der Waals surface area contributed by atoms with E-state index in [2.05, 4.69) is 9.71 Å². The molecule has 1 N–H and O–H groups in total. The van der Waals surface area contributed by atoms with E-state index in [9.17, 15) is 12.8 Å². The SMILES string of the molecule is O=S(=O)(Nc1cc(Cl)ccc1F)c1ccnc(Cl)c1. The van der Waals surface area contributed by atoms with Gasteiger partial charge in [0.25, 0.3) is 10.0 Å². The molecule has 0 aliphatic heterocycles. The van der Waals surface area contributed by atoms with Gasteiger partial charge in [0.15, 0.2) is 0 Å². The topological polar surface area (TPSA) is 59.1 Å². The number of hydrogen-bond donors (Lipinski definition) is 1. The molecule has 2 aromatic rings. The van der Waals surface area contributed by atoms with E-state index in [0.29, 0.717) is 0 Å². The molecule has 0 amide bonds. The fraction of sp³-hybridized carbons (Fsp3) is 0. The van der Waals surface area contributed by atoms with E-state index < -0.39 is 15.8 Å². The van der Waals surface area contributed by atoms with Gasteiger partial charge < -0.3 is 0 Å². The molecule has 1 heterocycles. The van der Waals surface area contributed by atoms with Crippen molar-refractivity contribution in [3.8, 4) is 0 Å². The van der Waals surface area contributed by atoms with Gasteiger partial charge in [-0.25, -0.2) is 17.8 Å². The first-order valence-electron chi connectivity index (χ1n) is 4.98. The van der Waals surface area contributed by atoms with Crippen molar-refractivity contribution in [1.29, 1.82) is 0 Å². The van der Waals surface area contributed by atoms with E-state index in [1.807, 2.05) is 0 Å². The number of sulfonamides is 1. The molecule has 1 aromatic carbocycles. The maximum absolute atomic E-state index is 13.5. The number of nitrogens with one attached hydrogen (secondary N) is 1. The van der Waals surface area contributed by atoms with Gasteiger partial charge in [0.1, 0.15) is 11.0 Å². The summed E-state index contributed by atoms with van der Waals surface area (Å²) < 4.78 is 39.6. The lowest BCUT2D eigenvalue weighted by Crippen LogP contribution is -2.14. The highest BCUT2D eigenvalue weighted by molar-refractivity contribution is 7.92. The minimum absolute atomic E-state index is 0.0226. The van der Waals surface area contributed by atoms with Crippen LogP contribution in [0.5, 0.6) is 0 Å². The Bertz CT molecular complexity index is 722. The van der Waals surface area contributed by atoms with Gasteiger partial charge in [0.2, 0.25) is 0 Å². The predicted molar refractivity (Wildman–Crippen MR) is 71.5 cm³/mol. The summed E-state index contributed by atoms with van der Waals surface area (Å²) in [5.41, 5.74) is -0.236. The summed E-state index contributed by atoms with van der Waals surface area (Å²) in [6.07, 6.45) is 1.24. The average molecular weight is 321 g/mol. The van der Waals surface area contributed by atoms with Gasteiger partial charge in [-0.1, -0.05) is 23.2 Å². The fourth-order valence-corrected chi connectivity index (χ4v) is 2.81. The lowest BCUT2D eigenvalue weighted by atomic mass is 10.3. The molecule has 1 aromatic heterocycles. The van der Waals surface area contributed by atoms with Gasteiger partial charge in [0, 0.05) is 11.2 Å². The predicted octanol–water partition coefficient (Wildman–Crippen LogP) is 3.33. The first-order chi connectivity index (χ1) is 8.88. The van der Waals surface area contributed by atoms with Crippen LogP contribution in [0.4, 0.5) is 10.1 Å². The van der Waals surface area contributed by atoms with Gasteiger partial charge in [-0.3, -0.25) is 4.72 Å². The molecular weight excluding hydrogens is 314 g/mol. The molecule has 0 aliphatic rings. The number of nitrogens with zero attached hydrogens (tertiary/aromatic N) is 1. The lowest BCUT2D eigenvalue weighted by molar-refractivity contribution is 0.598. The molecule has 19 heavy (non-hydrogen) atoms. The van der Waals surface area contributed by atoms with Crippen molar-refractivity contribution in [3.05, 3.63) is 52.5 Å². The van der Waals surface area contributed by atoms with Crippen LogP contribution in [0.1, 0.15) is 0 Å². The number of hydrogen-bond acceptors (Lipinski definition) is 3. The third kappa shape index (κ3) is 3.34. The minimum atomic E-state index is -3.95. The van der Waals surface area contributed by atoms with Crippen LogP contribution in [0, 0.1) is 5.82 Å². The first-order valence-corrected chi connectivity index (χ1v) is 7.22. The van der Waals surface area contributed by atoms with E-state index >= 15 is 0 Å². The Morgan fingerprint density at radius 2 is 1.89 bits per heavy atom. The van der Waals surface area contributed by atoms with Gasteiger partial charge in [-0.05, 0) is 30.3 Å². The molecule has 0 spiro atoms. The van der Waals surface area contributed by atoms with Crippen LogP contribution >= 0.6 is 23.2 Å². The summed E-state index contributed by atoms with van der Waals surface area (Å²) in [4.78, 5) is 3.55. The Kier molecular flexibility index (Phi) is 3.93. The van der Waals surface area contributed by atoms with E-state index in [-0.39, 0.29) is 20.8 Å². The van der Waals surface area contributed by atoms with Crippen molar-refractivity contribution in [3.63, 3.8) is 0 Å². The number of pyridine rings is 1. The summed E-state index contributed by atoms with van der Waals surface area (Å²) in [7, 11) is -3.95. The van der Waals surface area contributed by atoms with E-state index in [1.54, 1.807) is 0 Å². The Balaban J connectivity index is 2.39. The monoisotopic (exact) mass is 320 g/mol. The van der Waals surface area contributed by atoms with Crippen molar-refractivity contribution >= 4 is 38.9 Å². The van der Waals surface area contributed by atoms with Gasteiger partial charge >= 0.3 is 0 Å². The number of benzene rings is 1. The summed E-state index contributed by atoms with van der Waals surface area (Å²) in [6, 6.07) is 5.97.